The quantitative estimate of drug-likeness (QED) is 0.855. The van der Waals surface area contributed by atoms with E-state index in [4.69, 9.17) is 11.6 Å². The average molecular weight is 317 g/mol. The highest BCUT2D eigenvalue weighted by Crippen LogP contribution is 2.34. The second-order valence-electron chi connectivity index (χ2n) is 5.38. The molecule has 0 radical (unpaired) electrons. The van der Waals surface area contributed by atoms with E-state index < -0.39 is 9.84 Å². The van der Waals surface area contributed by atoms with E-state index in [1.165, 1.54) is 6.26 Å². The van der Waals surface area contributed by atoms with Crippen LogP contribution in [0.4, 0.5) is 11.4 Å². The highest BCUT2D eigenvalue weighted by molar-refractivity contribution is 7.90. The van der Waals surface area contributed by atoms with Gasteiger partial charge in [0.1, 0.15) is 9.84 Å². The molecule has 0 amide bonds. The fourth-order valence-corrected chi connectivity index (χ4v) is 3.38. The zero-order valence-corrected chi connectivity index (χ0v) is 13.5. The van der Waals surface area contributed by atoms with Crippen molar-refractivity contribution >= 4 is 32.8 Å². The summed E-state index contributed by atoms with van der Waals surface area (Å²) >= 11 is 6.11. The van der Waals surface area contributed by atoms with Gasteiger partial charge in [0.2, 0.25) is 0 Å². The molecule has 1 aromatic carbocycles. The van der Waals surface area contributed by atoms with Crippen LogP contribution in [0.1, 0.15) is 12.8 Å². The van der Waals surface area contributed by atoms with Crippen molar-refractivity contribution in [2.24, 2.45) is 0 Å². The fraction of sp³-hybridized carbons (Fsp3) is 0.571. The first-order valence-electron chi connectivity index (χ1n) is 6.80. The van der Waals surface area contributed by atoms with Crippen LogP contribution in [-0.4, -0.2) is 47.1 Å². The number of rotatable bonds is 4. The van der Waals surface area contributed by atoms with Gasteiger partial charge in [-0.15, -0.1) is 0 Å². The lowest BCUT2D eigenvalue weighted by Crippen LogP contribution is -2.26. The molecule has 1 aliphatic heterocycles. The van der Waals surface area contributed by atoms with E-state index in [-0.39, 0.29) is 5.75 Å². The lowest BCUT2D eigenvalue weighted by Gasteiger charge is -2.26. The minimum Gasteiger partial charge on any atom is -0.373 e. The summed E-state index contributed by atoms with van der Waals surface area (Å²) in [6, 6.07) is 5.91. The van der Waals surface area contributed by atoms with Crippen LogP contribution in [0.5, 0.6) is 0 Å². The van der Waals surface area contributed by atoms with Crippen LogP contribution in [0, 0.1) is 0 Å². The second-order valence-corrected chi connectivity index (χ2v) is 8.07. The third-order valence-electron chi connectivity index (χ3n) is 3.55. The smallest absolute Gasteiger partial charge is 0.147 e. The molecule has 6 heteroatoms. The Bertz CT molecular complexity index is 575. The van der Waals surface area contributed by atoms with Gasteiger partial charge >= 0.3 is 0 Å². The molecule has 20 heavy (non-hydrogen) atoms. The summed E-state index contributed by atoms with van der Waals surface area (Å²) in [6.07, 6.45) is 2.99. The molecule has 0 N–H and O–H groups in total. The minimum absolute atomic E-state index is 0.231. The first-order chi connectivity index (χ1) is 9.37. The predicted octanol–water partition coefficient (Wildman–Crippen LogP) is 2.42. The van der Waals surface area contributed by atoms with E-state index in [1.807, 2.05) is 18.2 Å². The monoisotopic (exact) mass is 316 g/mol. The molecular weight excluding hydrogens is 296 g/mol. The second kappa shape index (κ2) is 6.22. The maximum atomic E-state index is 11.2. The van der Waals surface area contributed by atoms with Crippen LogP contribution in [0.25, 0.3) is 0 Å². The molecule has 0 unspecified atom stereocenters. The first-order valence-corrected chi connectivity index (χ1v) is 9.24. The van der Waals surface area contributed by atoms with Gasteiger partial charge in [0, 0.05) is 38.0 Å². The molecule has 0 saturated heterocycles. The van der Waals surface area contributed by atoms with E-state index in [1.54, 1.807) is 0 Å². The largest absolute Gasteiger partial charge is 0.373 e. The van der Waals surface area contributed by atoms with Crippen molar-refractivity contribution in [3.8, 4) is 0 Å². The van der Waals surface area contributed by atoms with Gasteiger partial charge in [-0.05, 0) is 31.0 Å². The molecule has 1 heterocycles. The van der Waals surface area contributed by atoms with Gasteiger partial charge in [0.05, 0.1) is 17.1 Å². The van der Waals surface area contributed by atoms with Gasteiger partial charge in [0.25, 0.3) is 0 Å². The van der Waals surface area contributed by atoms with E-state index in [2.05, 4.69) is 16.8 Å². The Morgan fingerprint density at radius 3 is 2.70 bits per heavy atom. The Kier molecular flexibility index (Phi) is 4.81. The highest BCUT2D eigenvalue weighted by atomic mass is 35.5. The third-order valence-corrected chi connectivity index (χ3v) is 4.82. The first kappa shape index (κ1) is 15.4. The molecule has 112 valence electrons. The summed E-state index contributed by atoms with van der Waals surface area (Å²) in [4.78, 5) is 4.47. The zero-order chi connectivity index (χ0) is 14.8. The number of fused-ring (bicyclic) bond motifs is 1. The van der Waals surface area contributed by atoms with Crippen molar-refractivity contribution in [2.75, 3.05) is 48.5 Å². The van der Waals surface area contributed by atoms with Crippen LogP contribution in [0.2, 0.25) is 5.02 Å². The Morgan fingerprint density at radius 2 is 2.00 bits per heavy atom. The number of anilines is 2. The summed E-state index contributed by atoms with van der Waals surface area (Å²) in [5, 5.41) is 0.715. The van der Waals surface area contributed by atoms with Crippen LogP contribution < -0.4 is 9.80 Å². The van der Waals surface area contributed by atoms with Gasteiger partial charge in [-0.1, -0.05) is 11.6 Å². The van der Waals surface area contributed by atoms with E-state index in [0.717, 1.165) is 37.4 Å². The molecule has 0 saturated carbocycles. The normalized spacial score (nSPS) is 15.9. The number of hydrogen-bond acceptors (Lipinski definition) is 4. The molecule has 0 fully saturated rings. The van der Waals surface area contributed by atoms with E-state index >= 15 is 0 Å². The molecule has 1 aliphatic rings. The van der Waals surface area contributed by atoms with Gasteiger partial charge in [-0.3, -0.25) is 0 Å². The summed E-state index contributed by atoms with van der Waals surface area (Å²) in [7, 11) is -0.817. The molecular formula is C14H21ClN2O2S. The number of hydrogen-bond donors (Lipinski definition) is 0. The van der Waals surface area contributed by atoms with E-state index in [9.17, 15) is 8.42 Å². The summed E-state index contributed by atoms with van der Waals surface area (Å²) in [5.41, 5.74) is 2.26. The van der Waals surface area contributed by atoms with Crippen molar-refractivity contribution in [3.63, 3.8) is 0 Å². The Hall–Kier alpha value is -0.940. The Morgan fingerprint density at radius 1 is 1.25 bits per heavy atom. The lowest BCUT2D eigenvalue weighted by molar-refractivity contribution is 0.598. The molecule has 0 atom stereocenters. The summed E-state index contributed by atoms with van der Waals surface area (Å²) < 4.78 is 22.5. The standard InChI is InChI=1S/C14H21ClN2O2S/c1-16-7-3-8-17(9-4-10-20(2,18)19)14-11-12(15)5-6-13(14)16/h5-6,11H,3-4,7-10H2,1-2H3. The Balaban J connectivity index is 2.17. The molecule has 2 rings (SSSR count). The van der Waals surface area contributed by atoms with Crippen LogP contribution in [0.3, 0.4) is 0 Å². The molecule has 1 aromatic rings. The zero-order valence-electron chi connectivity index (χ0n) is 12.0. The number of nitrogens with zero attached hydrogens (tertiary/aromatic N) is 2. The summed E-state index contributed by atoms with van der Waals surface area (Å²) in [6.45, 7) is 2.67. The number of halogens is 1. The third kappa shape index (κ3) is 4.03. The van der Waals surface area contributed by atoms with Crippen molar-refractivity contribution in [3.05, 3.63) is 23.2 Å². The van der Waals surface area contributed by atoms with Crippen molar-refractivity contribution < 1.29 is 8.42 Å². The predicted molar refractivity (Wildman–Crippen MR) is 85.9 cm³/mol. The van der Waals surface area contributed by atoms with Crippen LogP contribution in [0.15, 0.2) is 18.2 Å². The van der Waals surface area contributed by atoms with Crippen LogP contribution >= 0.6 is 11.6 Å². The molecule has 0 bridgehead atoms. The fourth-order valence-electron chi connectivity index (χ4n) is 2.56. The SMILES string of the molecule is CN1CCCN(CCCS(C)(=O)=O)c2cc(Cl)ccc21. The number of benzene rings is 1. The van der Waals surface area contributed by atoms with Gasteiger partial charge < -0.3 is 9.80 Å². The average Bonchev–Trinajstić information content (AvgIpc) is 2.48. The molecule has 0 spiro atoms. The maximum absolute atomic E-state index is 11.2. The highest BCUT2D eigenvalue weighted by Gasteiger charge is 2.18. The maximum Gasteiger partial charge on any atom is 0.147 e. The molecule has 0 aliphatic carbocycles. The van der Waals surface area contributed by atoms with Gasteiger partial charge in [0.15, 0.2) is 0 Å². The van der Waals surface area contributed by atoms with Crippen molar-refractivity contribution in [2.45, 2.75) is 12.8 Å². The minimum atomic E-state index is -2.89. The van der Waals surface area contributed by atoms with Crippen molar-refractivity contribution in [1.82, 2.24) is 0 Å². The summed E-state index contributed by atoms with van der Waals surface area (Å²) in [5.74, 6) is 0.231. The van der Waals surface area contributed by atoms with Crippen LogP contribution in [-0.2, 0) is 9.84 Å². The van der Waals surface area contributed by atoms with Gasteiger partial charge in [-0.2, -0.15) is 0 Å². The van der Waals surface area contributed by atoms with Gasteiger partial charge in [-0.25, -0.2) is 8.42 Å². The molecule has 0 aromatic heterocycles. The van der Waals surface area contributed by atoms with E-state index in [0.29, 0.717) is 11.4 Å². The Labute approximate surface area is 126 Å². The molecule has 4 nitrogen and oxygen atoms in total. The topological polar surface area (TPSA) is 40.6 Å². The number of sulfone groups is 1. The lowest BCUT2D eigenvalue weighted by atomic mass is 10.2. The van der Waals surface area contributed by atoms with Crippen molar-refractivity contribution in [1.29, 1.82) is 0 Å².